The van der Waals surface area contributed by atoms with E-state index in [-0.39, 0.29) is 5.91 Å². The van der Waals surface area contributed by atoms with Crippen molar-refractivity contribution in [1.29, 1.82) is 0 Å². The number of methoxy groups -OCH3 is 1. The Morgan fingerprint density at radius 3 is 2.38 bits per heavy atom. The lowest BCUT2D eigenvalue weighted by atomic mass is 10.0. The first-order chi connectivity index (χ1) is 11.6. The Balaban J connectivity index is 1.93. The maximum Gasteiger partial charge on any atom is 0.328 e. The lowest BCUT2D eigenvalue weighted by molar-refractivity contribution is -0.143. The topological polar surface area (TPSA) is 55.4 Å². The van der Waals surface area contributed by atoms with Crippen molar-refractivity contribution in [2.24, 2.45) is 0 Å². The van der Waals surface area contributed by atoms with Gasteiger partial charge in [-0.1, -0.05) is 41.9 Å². The van der Waals surface area contributed by atoms with E-state index in [9.17, 15) is 9.59 Å². The van der Waals surface area contributed by atoms with Crippen LogP contribution in [0.1, 0.15) is 28.8 Å². The van der Waals surface area contributed by atoms with Crippen LogP contribution in [0.25, 0.3) is 0 Å². The van der Waals surface area contributed by atoms with E-state index in [1.165, 1.54) is 12.7 Å². The molecule has 0 unspecified atom stereocenters. The summed E-state index contributed by atoms with van der Waals surface area (Å²) in [5, 5.41) is 3.29. The molecule has 0 heterocycles. The number of hydrogen-bond acceptors (Lipinski definition) is 3. The first-order valence-electron chi connectivity index (χ1n) is 7.78. The summed E-state index contributed by atoms with van der Waals surface area (Å²) in [6.45, 7) is 0. The Bertz CT molecular complexity index is 671. The van der Waals surface area contributed by atoms with Crippen LogP contribution in [-0.4, -0.2) is 25.0 Å². The molecule has 0 saturated heterocycles. The minimum Gasteiger partial charge on any atom is -0.467 e. The van der Waals surface area contributed by atoms with Crippen LogP contribution in [0.2, 0.25) is 5.02 Å². The van der Waals surface area contributed by atoms with E-state index in [0.29, 0.717) is 17.0 Å². The second-order valence-corrected chi connectivity index (χ2v) is 5.87. The van der Waals surface area contributed by atoms with Crippen LogP contribution in [0, 0.1) is 0 Å². The molecule has 2 aromatic carbocycles. The zero-order valence-electron chi connectivity index (χ0n) is 13.5. The van der Waals surface area contributed by atoms with Gasteiger partial charge in [0.1, 0.15) is 6.04 Å². The fourth-order valence-corrected chi connectivity index (χ4v) is 2.52. The van der Waals surface area contributed by atoms with Gasteiger partial charge in [-0.3, -0.25) is 4.79 Å². The van der Waals surface area contributed by atoms with Gasteiger partial charge in [-0.15, -0.1) is 0 Å². The normalized spacial score (nSPS) is 11.6. The van der Waals surface area contributed by atoms with Crippen LogP contribution >= 0.6 is 11.6 Å². The molecule has 0 saturated carbocycles. The predicted molar refractivity (Wildman–Crippen MR) is 94.1 cm³/mol. The van der Waals surface area contributed by atoms with Gasteiger partial charge >= 0.3 is 5.97 Å². The zero-order chi connectivity index (χ0) is 17.4. The molecule has 0 spiro atoms. The molecular weight excluding hydrogens is 326 g/mol. The van der Waals surface area contributed by atoms with Crippen LogP contribution in [0.3, 0.4) is 0 Å². The van der Waals surface area contributed by atoms with Crippen molar-refractivity contribution in [3.8, 4) is 0 Å². The predicted octanol–water partition coefficient (Wildman–Crippen LogP) is 3.63. The number of aryl methyl sites for hydroxylation is 1. The number of rotatable bonds is 7. The highest BCUT2D eigenvalue weighted by Crippen LogP contribution is 2.11. The molecule has 1 N–H and O–H groups in total. The zero-order valence-corrected chi connectivity index (χ0v) is 14.3. The summed E-state index contributed by atoms with van der Waals surface area (Å²) in [5.74, 6) is -0.757. The van der Waals surface area contributed by atoms with Crippen LogP contribution in [-0.2, 0) is 16.0 Å². The van der Waals surface area contributed by atoms with E-state index >= 15 is 0 Å². The Hall–Kier alpha value is -2.33. The highest BCUT2D eigenvalue weighted by Gasteiger charge is 2.21. The maximum absolute atomic E-state index is 12.3. The summed E-state index contributed by atoms with van der Waals surface area (Å²) in [4.78, 5) is 24.2. The van der Waals surface area contributed by atoms with Crippen molar-refractivity contribution in [2.75, 3.05) is 7.11 Å². The molecule has 0 radical (unpaired) electrons. The Morgan fingerprint density at radius 1 is 1.08 bits per heavy atom. The summed E-state index contributed by atoms with van der Waals surface area (Å²) >= 11 is 5.82. The summed E-state index contributed by atoms with van der Waals surface area (Å²) in [6.07, 6.45) is 2.12. The number of halogens is 1. The van der Waals surface area contributed by atoms with Gasteiger partial charge in [0.25, 0.3) is 5.91 Å². The van der Waals surface area contributed by atoms with Gasteiger partial charge < -0.3 is 10.1 Å². The molecular formula is C19H20ClNO3. The second kappa shape index (κ2) is 9.08. The molecule has 2 aromatic rings. The van der Waals surface area contributed by atoms with Gasteiger partial charge in [0, 0.05) is 10.6 Å². The first-order valence-corrected chi connectivity index (χ1v) is 8.16. The summed E-state index contributed by atoms with van der Waals surface area (Å²) in [5.41, 5.74) is 1.65. The average molecular weight is 346 g/mol. The largest absolute Gasteiger partial charge is 0.467 e. The van der Waals surface area contributed by atoms with Crippen molar-refractivity contribution >= 4 is 23.5 Å². The Kier molecular flexibility index (Phi) is 6.82. The van der Waals surface area contributed by atoms with Crippen LogP contribution in [0.4, 0.5) is 0 Å². The molecule has 0 aromatic heterocycles. The van der Waals surface area contributed by atoms with Crippen molar-refractivity contribution in [1.82, 2.24) is 5.32 Å². The number of hydrogen-bond donors (Lipinski definition) is 1. The lowest BCUT2D eigenvalue weighted by Gasteiger charge is -2.16. The van der Waals surface area contributed by atoms with Crippen LogP contribution in [0.15, 0.2) is 54.6 Å². The van der Waals surface area contributed by atoms with E-state index in [0.717, 1.165) is 12.8 Å². The number of nitrogens with one attached hydrogen (secondary N) is 1. The van der Waals surface area contributed by atoms with E-state index in [1.807, 2.05) is 30.3 Å². The van der Waals surface area contributed by atoms with Gasteiger partial charge in [0.05, 0.1) is 7.11 Å². The molecule has 24 heavy (non-hydrogen) atoms. The fourth-order valence-electron chi connectivity index (χ4n) is 2.39. The smallest absolute Gasteiger partial charge is 0.328 e. The Labute approximate surface area is 146 Å². The maximum atomic E-state index is 12.3. The third kappa shape index (κ3) is 5.39. The van der Waals surface area contributed by atoms with Crippen LogP contribution < -0.4 is 5.32 Å². The summed E-state index contributed by atoms with van der Waals surface area (Å²) in [7, 11) is 1.32. The standard InChI is InChI=1S/C19H20ClNO3/c1-24-19(23)17(9-5-8-14-6-3-2-4-7-14)21-18(22)15-10-12-16(20)13-11-15/h2-4,6-7,10-13,17H,5,8-9H2,1H3,(H,21,22)/t17-/m1/s1. The molecule has 0 aliphatic carbocycles. The minimum absolute atomic E-state index is 0.318. The molecule has 0 fully saturated rings. The molecule has 126 valence electrons. The van der Waals surface area contributed by atoms with Gasteiger partial charge in [-0.2, -0.15) is 0 Å². The molecule has 1 amide bonds. The number of esters is 1. The van der Waals surface area contributed by atoms with Gasteiger partial charge in [-0.05, 0) is 49.1 Å². The Morgan fingerprint density at radius 2 is 1.75 bits per heavy atom. The lowest BCUT2D eigenvalue weighted by Crippen LogP contribution is -2.41. The molecule has 2 rings (SSSR count). The highest BCUT2D eigenvalue weighted by molar-refractivity contribution is 6.30. The third-order valence-corrected chi connectivity index (χ3v) is 3.95. The van der Waals surface area contributed by atoms with E-state index in [4.69, 9.17) is 16.3 Å². The summed E-state index contributed by atoms with van der Waals surface area (Å²) in [6, 6.07) is 15.9. The highest BCUT2D eigenvalue weighted by atomic mass is 35.5. The molecule has 0 aliphatic rings. The number of ether oxygens (including phenoxy) is 1. The third-order valence-electron chi connectivity index (χ3n) is 3.70. The molecule has 0 bridgehead atoms. The van der Waals surface area contributed by atoms with E-state index in [1.54, 1.807) is 24.3 Å². The first kappa shape index (κ1) is 18.0. The summed E-state index contributed by atoms with van der Waals surface area (Å²) < 4.78 is 4.80. The number of amides is 1. The monoisotopic (exact) mass is 345 g/mol. The van der Waals surface area contributed by atoms with Crippen molar-refractivity contribution in [3.05, 3.63) is 70.7 Å². The van der Waals surface area contributed by atoms with E-state index in [2.05, 4.69) is 5.32 Å². The number of carbonyl (C=O) groups is 2. The van der Waals surface area contributed by atoms with Gasteiger partial charge in [0.2, 0.25) is 0 Å². The van der Waals surface area contributed by atoms with Crippen LogP contribution in [0.5, 0.6) is 0 Å². The molecule has 0 aliphatic heterocycles. The number of benzene rings is 2. The van der Waals surface area contributed by atoms with Gasteiger partial charge in [0.15, 0.2) is 0 Å². The minimum atomic E-state index is -0.665. The second-order valence-electron chi connectivity index (χ2n) is 5.43. The van der Waals surface area contributed by atoms with Crippen molar-refractivity contribution in [3.63, 3.8) is 0 Å². The quantitative estimate of drug-likeness (QED) is 0.779. The fraction of sp³-hybridized carbons (Fsp3) is 0.263. The number of carbonyl (C=O) groups excluding carboxylic acids is 2. The molecule has 1 atom stereocenters. The molecule has 4 nitrogen and oxygen atoms in total. The van der Waals surface area contributed by atoms with Crippen molar-refractivity contribution in [2.45, 2.75) is 25.3 Å². The van der Waals surface area contributed by atoms with Crippen molar-refractivity contribution < 1.29 is 14.3 Å². The SMILES string of the molecule is COC(=O)[C@@H](CCCc1ccccc1)NC(=O)c1ccc(Cl)cc1. The molecule has 5 heteroatoms. The average Bonchev–Trinajstić information content (AvgIpc) is 2.61. The van der Waals surface area contributed by atoms with E-state index < -0.39 is 12.0 Å². The van der Waals surface area contributed by atoms with Gasteiger partial charge in [-0.25, -0.2) is 4.79 Å².